The van der Waals surface area contributed by atoms with Crippen molar-refractivity contribution < 1.29 is 9.26 Å². The number of nitrogens with one attached hydrogen (secondary N) is 2. The number of nitrogens with zero attached hydrogens (tertiary/aromatic N) is 3. The average molecular weight is 499 g/mol. The van der Waals surface area contributed by atoms with Gasteiger partial charge in [-0.1, -0.05) is 25.1 Å². The van der Waals surface area contributed by atoms with E-state index in [1.807, 2.05) is 18.2 Å². The fourth-order valence-electron chi connectivity index (χ4n) is 3.08. The fraction of sp³-hybridized carbons (Fsp3) is 0.550. The van der Waals surface area contributed by atoms with Gasteiger partial charge in [-0.05, 0) is 37.7 Å². The summed E-state index contributed by atoms with van der Waals surface area (Å²) in [5, 5.41) is 10.6. The molecule has 2 aromatic rings. The number of pyridine rings is 1. The number of hydrogen-bond donors (Lipinski definition) is 2. The second-order valence-electron chi connectivity index (χ2n) is 7.14. The first-order valence-electron chi connectivity index (χ1n) is 9.66. The predicted molar refractivity (Wildman–Crippen MR) is 120 cm³/mol. The van der Waals surface area contributed by atoms with Crippen LogP contribution in [0.4, 0.5) is 0 Å². The molecule has 8 heteroatoms. The molecule has 1 aliphatic carbocycles. The van der Waals surface area contributed by atoms with Gasteiger partial charge in [0.2, 0.25) is 5.88 Å². The summed E-state index contributed by atoms with van der Waals surface area (Å²) < 4.78 is 11.4. The molecule has 0 spiro atoms. The van der Waals surface area contributed by atoms with Gasteiger partial charge in [0.25, 0.3) is 0 Å². The lowest BCUT2D eigenvalue weighted by Gasteiger charge is -2.16. The standard InChI is InChI=1S/C20H29N5O2.HI/c1-14(2)18-11-17(27-25-18)13-24-20(21-3)23-12-15-7-6-10-22-19(15)26-16-8-4-5-9-16;/h6-7,10-11,14,16H,4-5,8-9,12-13H2,1-3H3,(H2,21,23,24);1H. The van der Waals surface area contributed by atoms with Crippen LogP contribution in [-0.2, 0) is 13.1 Å². The first-order chi connectivity index (χ1) is 13.2. The minimum Gasteiger partial charge on any atom is -0.474 e. The summed E-state index contributed by atoms with van der Waals surface area (Å²) in [6.45, 7) is 5.30. The number of aliphatic imine (C=N–C) groups is 1. The minimum atomic E-state index is 0. The van der Waals surface area contributed by atoms with E-state index in [1.54, 1.807) is 13.2 Å². The molecule has 0 radical (unpaired) electrons. The van der Waals surface area contributed by atoms with E-state index in [1.165, 1.54) is 12.8 Å². The van der Waals surface area contributed by atoms with Crippen LogP contribution in [0.2, 0.25) is 0 Å². The molecule has 3 rings (SSSR count). The van der Waals surface area contributed by atoms with Gasteiger partial charge >= 0.3 is 0 Å². The van der Waals surface area contributed by atoms with Crippen molar-refractivity contribution in [2.24, 2.45) is 4.99 Å². The van der Waals surface area contributed by atoms with Crippen molar-refractivity contribution in [1.29, 1.82) is 0 Å². The molecule has 2 N–H and O–H groups in total. The predicted octanol–water partition coefficient (Wildman–Crippen LogP) is 4.00. The molecular formula is C20H30IN5O2. The second-order valence-corrected chi connectivity index (χ2v) is 7.14. The molecule has 0 amide bonds. The summed E-state index contributed by atoms with van der Waals surface area (Å²) in [6, 6.07) is 5.93. The van der Waals surface area contributed by atoms with Crippen LogP contribution in [0.25, 0.3) is 0 Å². The lowest BCUT2D eigenvalue weighted by molar-refractivity contribution is 0.199. The van der Waals surface area contributed by atoms with Crippen LogP contribution < -0.4 is 15.4 Å². The van der Waals surface area contributed by atoms with E-state index < -0.39 is 0 Å². The van der Waals surface area contributed by atoms with Crippen molar-refractivity contribution in [2.75, 3.05) is 7.05 Å². The Labute approximate surface area is 183 Å². The Bertz CT molecular complexity index is 757. The molecule has 1 aliphatic rings. The minimum absolute atomic E-state index is 0. The molecule has 1 fully saturated rings. The highest BCUT2D eigenvalue weighted by molar-refractivity contribution is 14.0. The maximum absolute atomic E-state index is 6.09. The number of halogens is 1. The highest BCUT2D eigenvalue weighted by atomic mass is 127. The van der Waals surface area contributed by atoms with Crippen LogP contribution in [-0.4, -0.2) is 29.3 Å². The van der Waals surface area contributed by atoms with E-state index in [9.17, 15) is 0 Å². The number of rotatable bonds is 7. The number of guanidine groups is 1. The van der Waals surface area contributed by atoms with E-state index >= 15 is 0 Å². The third-order valence-corrected chi connectivity index (χ3v) is 4.70. The molecule has 0 atom stereocenters. The van der Waals surface area contributed by atoms with Gasteiger partial charge in [0.1, 0.15) is 6.10 Å². The first-order valence-corrected chi connectivity index (χ1v) is 9.66. The molecule has 2 aromatic heterocycles. The number of hydrogen-bond acceptors (Lipinski definition) is 5. The Morgan fingerprint density at radius 3 is 2.71 bits per heavy atom. The van der Waals surface area contributed by atoms with Crippen molar-refractivity contribution in [1.82, 2.24) is 20.8 Å². The molecule has 1 saturated carbocycles. The van der Waals surface area contributed by atoms with E-state index in [0.29, 0.717) is 30.8 Å². The Hall–Kier alpha value is -1.84. The summed E-state index contributed by atoms with van der Waals surface area (Å²) >= 11 is 0. The van der Waals surface area contributed by atoms with E-state index in [4.69, 9.17) is 9.26 Å². The van der Waals surface area contributed by atoms with Gasteiger partial charge in [0, 0.05) is 31.4 Å². The van der Waals surface area contributed by atoms with Gasteiger partial charge < -0.3 is 19.9 Å². The van der Waals surface area contributed by atoms with Crippen LogP contribution >= 0.6 is 24.0 Å². The van der Waals surface area contributed by atoms with E-state index in [2.05, 4.69) is 39.6 Å². The molecule has 0 aliphatic heterocycles. The summed E-state index contributed by atoms with van der Waals surface area (Å²) in [5.74, 6) is 2.54. The van der Waals surface area contributed by atoms with Gasteiger partial charge in [0.05, 0.1) is 12.2 Å². The Morgan fingerprint density at radius 2 is 2.04 bits per heavy atom. The smallest absolute Gasteiger partial charge is 0.218 e. The van der Waals surface area contributed by atoms with Crippen LogP contribution in [0.15, 0.2) is 33.9 Å². The molecule has 2 heterocycles. The monoisotopic (exact) mass is 499 g/mol. The summed E-state index contributed by atoms with van der Waals surface area (Å²) in [5.41, 5.74) is 1.98. The van der Waals surface area contributed by atoms with Crippen LogP contribution in [0.3, 0.4) is 0 Å². The zero-order valence-electron chi connectivity index (χ0n) is 16.8. The maximum Gasteiger partial charge on any atom is 0.218 e. The van der Waals surface area contributed by atoms with Crippen LogP contribution in [0.5, 0.6) is 5.88 Å². The van der Waals surface area contributed by atoms with Crippen molar-refractivity contribution >= 4 is 29.9 Å². The summed E-state index contributed by atoms with van der Waals surface area (Å²) in [6.07, 6.45) is 6.77. The van der Waals surface area contributed by atoms with Gasteiger partial charge in [-0.3, -0.25) is 4.99 Å². The van der Waals surface area contributed by atoms with E-state index in [0.717, 1.165) is 29.9 Å². The molecule has 0 unspecified atom stereocenters. The van der Waals surface area contributed by atoms with Crippen LogP contribution in [0.1, 0.15) is 62.5 Å². The van der Waals surface area contributed by atoms with Crippen molar-refractivity contribution in [3.63, 3.8) is 0 Å². The fourth-order valence-corrected chi connectivity index (χ4v) is 3.08. The molecule has 154 valence electrons. The maximum atomic E-state index is 6.09. The van der Waals surface area contributed by atoms with Crippen LogP contribution in [0, 0.1) is 0 Å². The Balaban J connectivity index is 0.00000280. The van der Waals surface area contributed by atoms with Crippen molar-refractivity contribution in [2.45, 2.75) is 64.6 Å². The Morgan fingerprint density at radius 1 is 1.29 bits per heavy atom. The highest BCUT2D eigenvalue weighted by Crippen LogP contribution is 2.24. The topological polar surface area (TPSA) is 84.6 Å². The lowest BCUT2D eigenvalue weighted by Crippen LogP contribution is -2.36. The highest BCUT2D eigenvalue weighted by Gasteiger charge is 2.18. The lowest BCUT2D eigenvalue weighted by atomic mass is 10.1. The zero-order valence-corrected chi connectivity index (χ0v) is 19.1. The van der Waals surface area contributed by atoms with Gasteiger partial charge in [-0.15, -0.1) is 24.0 Å². The molecule has 7 nitrogen and oxygen atoms in total. The largest absolute Gasteiger partial charge is 0.474 e. The normalized spacial score (nSPS) is 14.8. The van der Waals surface area contributed by atoms with Gasteiger partial charge in [-0.25, -0.2) is 4.98 Å². The van der Waals surface area contributed by atoms with Crippen molar-refractivity contribution in [3.05, 3.63) is 41.4 Å². The Kier molecular flexibility index (Phi) is 9.01. The quantitative estimate of drug-likeness (QED) is 0.341. The number of ether oxygens (including phenoxy) is 1. The third kappa shape index (κ3) is 6.35. The SMILES string of the molecule is CN=C(NCc1cc(C(C)C)no1)NCc1cccnc1OC1CCCC1.I. The first kappa shape index (κ1) is 22.4. The van der Waals surface area contributed by atoms with Gasteiger partial charge in [0.15, 0.2) is 11.7 Å². The number of aromatic nitrogens is 2. The summed E-state index contributed by atoms with van der Waals surface area (Å²) in [4.78, 5) is 8.68. The third-order valence-electron chi connectivity index (χ3n) is 4.70. The second kappa shape index (κ2) is 11.2. The molecule has 28 heavy (non-hydrogen) atoms. The summed E-state index contributed by atoms with van der Waals surface area (Å²) in [7, 11) is 1.74. The zero-order chi connectivity index (χ0) is 19.1. The molecule has 0 bridgehead atoms. The molecule has 0 aromatic carbocycles. The molecule has 0 saturated heterocycles. The van der Waals surface area contributed by atoms with E-state index in [-0.39, 0.29) is 30.1 Å². The van der Waals surface area contributed by atoms with Crippen molar-refractivity contribution in [3.8, 4) is 5.88 Å². The molecular weight excluding hydrogens is 469 g/mol. The average Bonchev–Trinajstić information content (AvgIpc) is 3.35. The van der Waals surface area contributed by atoms with Gasteiger partial charge in [-0.2, -0.15) is 0 Å².